The van der Waals surface area contributed by atoms with Gasteiger partial charge in [0.25, 0.3) is 5.91 Å². The fourth-order valence-electron chi connectivity index (χ4n) is 2.57. The average Bonchev–Trinajstić information content (AvgIpc) is 2.52. The lowest BCUT2D eigenvalue weighted by molar-refractivity contribution is -0.126. The van der Waals surface area contributed by atoms with E-state index < -0.39 is 6.10 Å². The quantitative estimate of drug-likeness (QED) is 0.886. The molecule has 1 atom stereocenters. The van der Waals surface area contributed by atoms with E-state index in [-0.39, 0.29) is 30.4 Å². The van der Waals surface area contributed by atoms with E-state index in [0.29, 0.717) is 17.0 Å². The van der Waals surface area contributed by atoms with Crippen LogP contribution in [0.25, 0.3) is 0 Å². The lowest BCUT2D eigenvalue weighted by atomic mass is 10.0. The summed E-state index contributed by atoms with van der Waals surface area (Å²) in [4.78, 5) is 14.0. The van der Waals surface area contributed by atoms with Crippen molar-refractivity contribution in [2.45, 2.75) is 12.5 Å². The van der Waals surface area contributed by atoms with Crippen LogP contribution in [0, 0.1) is 18.2 Å². The standard InChI is InChI=1S/C18H14FNO3/c1-2-8-20-15-11-14(21)6-7-16(15)23-17(18(20)22)10-12-4-3-5-13(19)9-12/h1,3-7,9,11,17,21H,8,10H2. The van der Waals surface area contributed by atoms with Crippen molar-refractivity contribution < 1.29 is 19.0 Å². The molecule has 0 bridgehead atoms. The van der Waals surface area contributed by atoms with Crippen LogP contribution in [-0.2, 0) is 11.2 Å². The number of halogens is 1. The number of rotatable bonds is 3. The van der Waals surface area contributed by atoms with Gasteiger partial charge in [0.2, 0.25) is 0 Å². The van der Waals surface area contributed by atoms with Crippen LogP contribution in [-0.4, -0.2) is 23.7 Å². The summed E-state index contributed by atoms with van der Waals surface area (Å²) < 4.78 is 19.0. The van der Waals surface area contributed by atoms with Crippen LogP contribution >= 0.6 is 0 Å². The SMILES string of the molecule is C#CCN1C(=O)C(Cc2cccc(F)c2)Oc2ccc(O)cc21. The van der Waals surface area contributed by atoms with Crippen molar-refractivity contribution >= 4 is 11.6 Å². The summed E-state index contributed by atoms with van der Waals surface area (Å²) in [6.45, 7) is 0.0678. The summed E-state index contributed by atoms with van der Waals surface area (Å²) in [6.07, 6.45) is 4.78. The molecule has 5 heteroatoms. The molecule has 2 aromatic rings. The van der Waals surface area contributed by atoms with Gasteiger partial charge < -0.3 is 9.84 Å². The Balaban J connectivity index is 1.93. The van der Waals surface area contributed by atoms with Gasteiger partial charge in [0.05, 0.1) is 12.2 Å². The van der Waals surface area contributed by atoms with E-state index >= 15 is 0 Å². The molecule has 1 amide bonds. The third-order valence-electron chi connectivity index (χ3n) is 3.60. The van der Waals surface area contributed by atoms with Crippen LogP contribution in [0.3, 0.4) is 0 Å². The largest absolute Gasteiger partial charge is 0.508 e. The van der Waals surface area contributed by atoms with Gasteiger partial charge in [-0.15, -0.1) is 6.42 Å². The van der Waals surface area contributed by atoms with Gasteiger partial charge in [-0.3, -0.25) is 9.69 Å². The van der Waals surface area contributed by atoms with E-state index in [1.807, 2.05) is 0 Å². The predicted octanol–water partition coefficient (Wildman–Crippen LogP) is 2.50. The zero-order chi connectivity index (χ0) is 16.4. The number of carbonyl (C=O) groups excluding carboxylic acids is 1. The summed E-state index contributed by atoms with van der Waals surface area (Å²) in [7, 11) is 0. The molecule has 0 spiro atoms. The van der Waals surface area contributed by atoms with Crippen molar-refractivity contribution in [2.24, 2.45) is 0 Å². The molecule has 2 aromatic carbocycles. The Labute approximate surface area is 133 Å². The molecule has 1 aliphatic heterocycles. The number of anilines is 1. The van der Waals surface area contributed by atoms with E-state index in [4.69, 9.17) is 11.2 Å². The number of nitrogens with zero attached hydrogens (tertiary/aromatic N) is 1. The molecule has 4 nitrogen and oxygen atoms in total. The van der Waals surface area contributed by atoms with Crippen LogP contribution in [0.5, 0.6) is 11.5 Å². The van der Waals surface area contributed by atoms with Gasteiger partial charge in [-0.1, -0.05) is 18.1 Å². The first kappa shape index (κ1) is 14.9. The first-order chi connectivity index (χ1) is 11.1. The number of phenolic OH excluding ortho intramolecular Hbond substituents is 1. The molecule has 0 saturated heterocycles. The molecule has 1 unspecified atom stereocenters. The third-order valence-corrected chi connectivity index (χ3v) is 3.60. The predicted molar refractivity (Wildman–Crippen MR) is 83.8 cm³/mol. The minimum Gasteiger partial charge on any atom is -0.508 e. The summed E-state index contributed by atoms with van der Waals surface area (Å²) in [5.74, 6) is 2.23. The highest BCUT2D eigenvalue weighted by atomic mass is 19.1. The Bertz CT molecular complexity index is 797. The first-order valence-electron chi connectivity index (χ1n) is 7.07. The first-order valence-corrected chi connectivity index (χ1v) is 7.07. The highest BCUT2D eigenvalue weighted by Gasteiger charge is 2.34. The Morgan fingerprint density at radius 2 is 2.13 bits per heavy atom. The van der Waals surface area contributed by atoms with E-state index in [2.05, 4.69) is 5.92 Å². The van der Waals surface area contributed by atoms with Gasteiger partial charge in [0.1, 0.15) is 17.3 Å². The maximum atomic E-state index is 13.3. The second-order valence-electron chi connectivity index (χ2n) is 5.22. The minimum atomic E-state index is -0.790. The Morgan fingerprint density at radius 3 is 2.87 bits per heavy atom. The number of hydrogen-bond acceptors (Lipinski definition) is 3. The van der Waals surface area contributed by atoms with Crippen molar-refractivity contribution in [3.05, 3.63) is 53.8 Å². The number of benzene rings is 2. The van der Waals surface area contributed by atoms with Gasteiger partial charge in [-0.25, -0.2) is 4.39 Å². The molecule has 0 aromatic heterocycles. The fourth-order valence-corrected chi connectivity index (χ4v) is 2.57. The van der Waals surface area contributed by atoms with Crippen LogP contribution in [0.15, 0.2) is 42.5 Å². The summed E-state index contributed by atoms with van der Waals surface area (Å²) in [6, 6.07) is 10.5. The molecular weight excluding hydrogens is 297 g/mol. The monoisotopic (exact) mass is 311 g/mol. The average molecular weight is 311 g/mol. The van der Waals surface area contributed by atoms with E-state index in [1.54, 1.807) is 18.2 Å². The molecule has 116 valence electrons. The lowest BCUT2D eigenvalue weighted by Crippen LogP contribution is -2.47. The maximum absolute atomic E-state index is 13.3. The van der Waals surface area contributed by atoms with Gasteiger partial charge in [0.15, 0.2) is 6.10 Å². The zero-order valence-electron chi connectivity index (χ0n) is 12.2. The molecule has 23 heavy (non-hydrogen) atoms. The summed E-state index contributed by atoms with van der Waals surface area (Å²) in [5, 5.41) is 9.61. The zero-order valence-corrected chi connectivity index (χ0v) is 12.2. The second-order valence-corrected chi connectivity index (χ2v) is 5.22. The second kappa shape index (κ2) is 6.01. The number of ether oxygens (including phenoxy) is 1. The smallest absolute Gasteiger partial charge is 0.269 e. The Morgan fingerprint density at radius 1 is 1.30 bits per heavy atom. The fraction of sp³-hybridized carbons (Fsp3) is 0.167. The molecule has 3 rings (SSSR count). The van der Waals surface area contributed by atoms with Crippen molar-refractivity contribution in [3.63, 3.8) is 0 Å². The van der Waals surface area contributed by atoms with Gasteiger partial charge in [-0.05, 0) is 29.8 Å². The van der Waals surface area contributed by atoms with Crippen molar-refractivity contribution in [2.75, 3.05) is 11.4 Å². The van der Waals surface area contributed by atoms with Crippen LogP contribution < -0.4 is 9.64 Å². The maximum Gasteiger partial charge on any atom is 0.269 e. The normalized spacial score (nSPS) is 16.4. The summed E-state index contributed by atoms with van der Waals surface area (Å²) in [5.41, 5.74) is 1.09. The molecule has 0 saturated carbocycles. The lowest BCUT2D eigenvalue weighted by Gasteiger charge is -2.33. The van der Waals surface area contributed by atoms with Gasteiger partial charge >= 0.3 is 0 Å². The van der Waals surface area contributed by atoms with Gasteiger partial charge in [-0.2, -0.15) is 0 Å². The highest BCUT2D eigenvalue weighted by molar-refractivity contribution is 6.00. The van der Waals surface area contributed by atoms with Crippen LogP contribution in [0.1, 0.15) is 5.56 Å². The molecule has 1 aliphatic rings. The number of fused-ring (bicyclic) bond motifs is 1. The van der Waals surface area contributed by atoms with E-state index in [1.165, 1.54) is 29.2 Å². The van der Waals surface area contributed by atoms with Crippen molar-refractivity contribution in [1.82, 2.24) is 0 Å². The molecular formula is C18H14FNO3. The third kappa shape index (κ3) is 2.97. The molecule has 0 aliphatic carbocycles. The molecule has 0 radical (unpaired) electrons. The van der Waals surface area contributed by atoms with E-state index in [9.17, 15) is 14.3 Å². The minimum absolute atomic E-state index is 0.0192. The van der Waals surface area contributed by atoms with Crippen LogP contribution in [0.2, 0.25) is 0 Å². The Hall–Kier alpha value is -3.00. The van der Waals surface area contributed by atoms with Crippen LogP contribution in [0.4, 0.5) is 10.1 Å². The number of carbonyl (C=O) groups is 1. The molecule has 0 fully saturated rings. The van der Waals surface area contributed by atoms with E-state index in [0.717, 1.165) is 0 Å². The summed E-state index contributed by atoms with van der Waals surface area (Å²) >= 11 is 0. The number of phenols is 1. The van der Waals surface area contributed by atoms with Crippen molar-refractivity contribution in [3.8, 4) is 23.8 Å². The number of terminal acetylenes is 1. The Kier molecular flexibility index (Phi) is 3.90. The molecule has 1 heterocycles. The topological polar surface area (TPSA) is 49.8 Å². The van der Waals surface area contributed by atoms with Gasteiger partial charge in [0, 0.05) is 12.5 Å². The highest BCUT2D eigenvalue weighted by Crippen LogP contribution is 2.37. The van der Waals surface area contributed by atoms with Crippen molar-refractivity contribution in [1.29, 1.82) is 0 Å². The molecule has 1 N–H and O–H groups in total. The number of hydrogen-bond donors (Lipinski definition) is 1. The number of amides is 1. The number of aromatic hydroxyl groups is 1.